The number of alkyl halides is 2. The standard InChI is InChI=1S/C24H28F2N2O4/c25-24(26,17-8-4-3-5-9-17)32-15-7-2-1-6-14-27-16-21(30)18-10-12-20(29)23-19(18)11-13-22(31)28-23/h3-5,8-13,21,27,29-30H,1-2,6-7,14-16H2,(H,28,31)/t21-/m0/s1. The number of unbranched alkanes of at least 4 members (excludes halogenated alkanes) is 3. The number of aliphatic hydroxyl groups is 1. The van der Waals surface area contributed by atoms with Crippen molar-refractivity contribution in [2.75, 3.05) is 19.7 Å². The number of phenolic OH excluding ortho intramolecular Hbond substituents is 1. The average molecular weight is 446 g/mol. The van der Waals surface area contributed by atoms with E-state index < -0.39 is 12.2 Å². The van der Waals surface area contributed by atoms with Gasteiger partial charge in [0.05, 0.1) is 23.8 Å². The zero-order valence-electron chi connectivity index (χ0n) is 17.7. The number of hydrogen-bond donors (Lipinski definition) is 4. The Labute approximate surface area is 184 Å². The molecule has 1 atom stereocenters. The highest BCUT2D eigenvalue weighted by molar-refractivity contribution is 5.87. The van der Waals surface area contributed by atoms with Crippen LogP contribution in [0.3, 0.4) is 0 Å². The summed E-state index contributed by atoms with van der Waals surface area (Å²) in [5.41, 5.74) is 0.439. The van der Waals surface area contributed by atoms with Gasteiger partial charge in [0.25, 0.3) is 0 Å². The van der Waals surface area contributed by atoms with Crippen molar-refractivity contribution in [3.63, 3.8) is 0 Å². The van der Waals surface area contributed by atoms with E-state index in [1.165, 1.54) is 24.3 Å². The van der Waals surface area contributed by atoms with Gasteiger partial charge in [-0.05, 0) is 37.1 Å². The number of H-pyrrole nitrogens is 1. The summed E-state index contributed by atoms with van der Waals surface area (Å²) in [6.07, 6.45) is -1.08. The lowest BCUT2D eigenvalue weighted by Gasteiger charge is -2.17. The second-order valence-electron chi connectivity index (χ2n) is 7.65. The normalized spacial score (nSPS) is 12.8. The molecule has 32 heavy (non-hydrogen) atoms. The van der Waals surface area contributed by atoms with Crippen LogP contribution in [0.4, 0.5) is 8.78 Å². The van der Waals surface area contributed by atoms with Crippen LogP contribution in [0.2, 0.25) is 0 Å². The monoisotopic (exact) mass is 446 g/mol. The number of pyridine rings is 1. The van der Waals surface area contributed by atoms with Crippen molar-refractivity contribution >= 4 is 10.9 Å². The van der Waals surface area contributed by atoms with Crippen LogP contribution in [-0.4, -0.2) is 34.9 Å². The number of ether oxygens (including phenoxy) is 1. The maximum atomic E-state index is 13.9. The van der Waals surface area contributed by atoms with Crippen LogP contribution in [0.1, 0.15) is 42.9 Å². The third-order valence-electron chi connectivity index (χ3n) is 5.24. The summed E-state index contributed by atoms with van der Waals surface area (Å²) >= 11 is 0. The van der Waals surface area contributed by atoms with E-state index in [2.05, 4.69) is 10.3 Å². The van der Waals surface area contributed by atoms with Crippen LogP contribution in [0, 0.1) is 0 Å². The minimum atomic E-state index is -3.27. The second-order valence-corrected chi connectivity index (χ2v) is 7.65. The number of hydrogen-bond acceptors (Lipinski definition) is 5. The number of aliphatic hydroxyl groups excluding tert-OH is 1. The molecule has 0 aliphatic carbocycles. The van der Waals surface area contributed by atoms with Gasteiger partial charge in [-0.25, -0.2) is 0 Å². The molecule has 0 aliphatic heterocycles. The second kappa shape index (κ2) is 11.2. The summed E-state index contributed by atoms with van der Waals surface area (Å²) in [5.74, 6) is -0.0490. The van der Waals surface area contributed by atoms with E-state index in [1.807, 2.05) is 0 Å². The molecule has 0 unspecified atom stereocenters. The SMILES string of the molecule is O=c1ccc2c([C@@H](O)CNCCCCCCOC(F)(F)c3ccccc3)ccc(O)c2[nH]1. The topological polar surface area (TPSA) is 94.6 Å². The van der Waals surface area contributed by atoms with Gasteiger partial charge in [-0.1, -0.05) is 49.2 Å². The van der Waals surface area contributed by atoms with Gasteiger partial charge in [0.2, 0.25) is 5.56 Å². The summed E-state index contributed by atoms with van der Waals surface area (Å²) in [4.78, 5) is 14.1. The van der Waals surface area contributed by atoms with Gasteiger partial charge < -0.3 is 25.3 Å². The Bertz CT molecular complexity index is 1060. The van der Waals surface area contributed by atoms with Crippen LogP contribution in [0.15, 0.2) is 59.4 Å². The average Bonchev–Trinajstić information content (AvgIpc) is 2.79. The fraction of sp³-hybridized carbons (Fsp3) is 0.375. The van der Waals surface area contributed by atoms with Gasteiger partial charge in [0.15, 0.2) is 0 Å². The number of halogens is 2. The summed E-state index contributed by atoms with van der Waals surface area (Å²) in [7, 11) is 0. The highest BCUT2D eigenvalue weighted by Gasteiger charge is 2.32. The lowest BCUT2D eigenvalue weighted by atomic mass is 10.0. The van der Waals surface area contributed by atoms with Gasteiger partial charge >= 0.3 is 6.11 Å². The molecule has 0 fully saturated rings. The smallest absolute Gasteiger partial charge is 0.383 e. The minimum absolute atomic E-state index is 0.00987. The Balaban J connectivity index is 1.33. The van der Waals surface area contributed by atoms with Crippen molar-refractivity contribution in [1.29, 1.82) is 0 Å². The maximum Gasteiger partial charge on any atom is 0.383 e. The number of aromatic hydroxyl groups is 1. The number of benzene rings is 2. The molecule has 0 bridgehead atoms. The van der Waals surface area contributed by atoms with E-state index in [1.54, 1.807) is 30.3 Å². The number of aromatic amines is 1. The van der Waals surface area contributed by atoms with Crippen molar-refractivity contribution in [2.45, 2.75) is 37.9 Å². The first-order valence-electron chi connectivity index (χ1n) is 10.7. The molecule has 0 saturated heterocycles. The molecule has 3 aromatic rings. The Morgan fingerprint density at radius 2 is 1.75 bits per heavy atom. The predicted octanol–water partition coefficient (Wildman–Crippen LogP) is 4.18. The molecule has 0 radical (unpaired) electrons. The number of phenols is 1. The van der Waals surface area contributed by atoms with Crippen molar-refractivity contribution < 1.29 is 23.7 Å². The molecule has 0 saturated carbocycles. The zero-order valence-corrected chi connectivity index (χ0v) is 17.7. The van der Waals surface area contributed by atoms with E-state index >= 15 is 0 Å². The predicted molar refractivity (Wildman–Crippen MR) is 119 cm³/mol. The highest BCUT2D eigenvalue weighted by atomic mass is 19.3. The van der Waals surface area contributed by atoms with E-state index in [0.717, 1.165) is 19.3 Å². The molecule has 8 heteroatoms. The van der Waals surface area contributed by atoms with Crippen LogP contribution in [-0.2, 0) is 10.8 Å². The van der Waals surface area contributed by atoms with E-state index in [4.69, 9.17) is 4.74 Å². The highest BCUT2D eigenvalue weighted by Crippen LogP contribution is 2.30. The van der Waals surface area contributed by atoms with Crippen LogP contribution >= 0.6 is 0 Å². The first kappa shape index (κ1) is 23.8. The largest absolute Gasteiger partial charge is 0.506 e. The molecule has 1 heterocycles. The van der Waals surface area contributed by atoms with Crippen molar-refractivity contribution in [3.8, 4) is 5.75 Å². The molecule has 0 aliphatic rings. The van der Waals surface area contributed by atoms with Gasteiger partial charge in [0.1, 0.15) is 5.75 Å². The van der Waals surface area contributed by atoms with Crippen molar-refractivity contribution in [1.82, 2.24) is 10.3 Å². The minimum Gasteiger partial charge on any atom is -0.506 e. The fourth-order valence-electron chi connectivity index (χ4n) is 3.52. The molecule has 2 aromatic carbocycles. The van der Waals surface area contributed by atoms with Crippen molar-refractivity contribution in [2.24, 2.45) is 0 Å². The fourth-order valence-corrected chi connectivity index (χ4v) is 3.52. The summed E-state index contributed by atoms with van der Waals surface area (Å²) < 4.78 is 32.6. The maximum absolute atomic E-state index is 13.9. The molecular formula is C24H28F2N2O4. The molecule has 0 spiro atoms. The number of nitrogens with one attached hydrogen (secondary N) is 2. The summed E-state index contributed by atoms with van der Waals surface area (Å²) in [5, 5.41) is 24.2. The molecule has 6 nitrogen and oxygen atoms in total. The quantitative estimate of drug-likeness (QED) is 0.313. The van der Waals surface area contributed by atoms with Gasteiger partial charge in [-0.3, -0.25) is 4.79 Å². The molecule has 3 rings (SSSR count). The first-order valence-corrected chi connectivity index (χ1v) is 10.7. The Hall–Kier alpha value is -2.81. The lowest BCUT2D eigenvalue weighted by molar-refractivity contribution is -0.249. The van der Waals surface area contributed by atoms with Crippen molar-refractivity contribution in [3.05, 3.63) is 76.1 Å². The van der Waals surface area contributed by atoms with Crippen LogP contribution < -0.4 is 10.9 Å². The number of aromatic nitrogens is 1. The Morgan fingerprint density at radius 3 is 2.53 bits per heavy atom. The molecule has 0 amide bonds. The van der Waals surface area contributed by atoms with Gasteiger partial charge in [-0.2, -0.15) is 8.78 Å². The van der Waals surface area contributed by atoms with E-state index in [9.17, 15) is 23.8 Å². The molecule has 1 aromatic heterocycles. The number of rotatable bonds is 12. The third-order valence-corrected chi connectivity index (χ3v) is 5.24. The van der Waals surface area contributed by atoms with E-state index in [-0.39, 0.29) is 23.5 Å². The van der Waals surface area contributed by atoms with Gasteiger partial charge in [-0.15, -0.1) is 0 Å². The zero-order chi connectivity index (χ0) is 23.0. The van der Waals surface area contributed by atoms with Crippen LogP contribution in [0.5, 0.6) is 5.75 Å². The Kier molecular flexibility index (Phi) is 8.33. The lowest BCUT2D eigenvalue weighted by Crippen LogP contribution is -2.23. The third kappa shape index (κ3) is 6.35. The molecule has 4 N–H and O–H groups in total. The molecule has 172 valence electrons. The first-order chi connectivity index (χ1) is 15.4. The van der Waals surface area contributed by atoms with Gasteiger partial charge in [0, 0.05) is 18.0 Å². The summed E-state index contributed by atoms with van der Waals surface area (Å²) in [6.45, 7) is 0.973. The number of fused-ring (bicyclic) bond motifs is 1. The molecular weight excluding hydrogens is 418 g/mol. The van der Waals surface area contributed by atoms with E-state index in [0.29, 0.717) is 36.0 Å². The Morgan fingerprint density at radius 1 is 1.00 bits per heavy atom. The summed E-state index contributed by atoms with van der Waals surface area (Å²) in [6, 6.07) is 13.5. The van der Waals surface area contributed by atoms with Crippen LogP contribution in [0.25, 0.3) is 10.9 Å².